The molecule has 29 heavy (non-hydrogen) atoms. The van der Waals surface area contributed by atoms with Crippen LogP contribution in [-0.4, -0.2) is 16.8 Å². The third kappa shape index (κ3) is 4.11. The summed E-state index contributed by atoms with van der Waals surface area (Å²) in [6, 6.07) is 17.3. The molecule has 5 nitrogen and oxygen atoms in total. The van der Waals surface area contributed by atoms with Crippen molar-refractivity contribution in [1.29, 1.82) is 0 Å². The van der Waals surface area contributed by atoms with E-state index in [0.717, 1.165) is 5.56 Å². The second-order valence-electron chi connectivity index (χ2n) is 6.71. The van der Waals surface area contributed by atoms with Crippen LogP contribution in [0.4, 0.5) is 5.69 Å². The molecule has 146 valence electrons. The minimum atomic E-state index is -0.487. The van der Waals surface area contributed by atoms with Gasteiger partial charge in [-0.1, -0.05) is 35.3 Å². The van der Waals surface area contributed by atoms with Gasteiger partial charge in [0.2, 0.25) is 5.91 Å². The van der Waals surface area contributed by atoms with Gasteiger partial charge in [0.05, 0.1) is 23.7 Å². The van der Waals surface area contributed by atoms with Gasteiger partial charge >= 0.3 is 0 Å². The summed E-state index contributed by atoms with van der Waals surface area (Å²) in [6.07, 6.45) is 1.73. The number of nitrogens with one attached hydrogen (secondary N) is 1. The van der Waals surface area contributed by atoms with Crippen LogP contribution in [0.5, 0.6) is 0 Å². The van der Waals surface area contributed by atoms with Gasteiger partial charge in [-0.25, -0.2) is 0 Å². The number of aromatic nitrogens is 1. The Kier molecular flexibility index (Phi) is 5.51. The molecule has 0 unspecified atom stereocenters. The van der Waals surface area contributed by atoms with Gasteiger partial charge in [-0.05, 0) is 54.1 Å². The molecule has 0 fully saturated rings. The zero-order valence-electron chi connectivity index (χ0n) is 15.3. The van der Waals surface area contributed by atoms with Gasteiger partial charge in [-0.2, -0.15) is 0 Å². The summed E-state index contributed by atoms with van der Waals surface area (Å²) in [5, 5.41) is 4.09. The first-order valence-electron chi connectivity index (χ1n) is 9.08. The molecule has 2 amide bonds. The highest BCUT2D eigenvalue weighted by atomic mass is 35.5. The summed E-state index contributed by atoms with van der Waals surface area (Å²) >= 11 is 12.0. The van der Waals surface area contributed by atoms with Crippen molar-refractivity contribution >= 4 is 40.7 Å². The Morgan fingerprint density at radius 1 is 1.03 bits per heavy atom. The van der Waals surface area contributed by atoms with Crippen molar-refractivity contribution in [2.45, 2.75) is 19.0 Å². The average Bonchev–Trinajstić information content (AvgIpc) is 2.99. The number of hydrogen-bond donors (Lipinski definition) is 1. The van der Waals surface area contributed by atoms with E-state index in [2.05, 4.69) is 10.3 Å². The number of anilines is 1. The Labute approximate surface area is 178 Å². The third-order valence-electron chi connectivity index (χ3n) is 4.78. The van der Waals surface area contributed by atoms with E-state index in [1.165, 1.54) is 0 Å². The molecule has 3 aromatic rings. The van der Waals surface area contributed by atoms with E-state index in [1.54, 1.807) is 59.6 Å². The first kappa shape index (κ1) is 19.4. The molecular weight excluding hydrogens is 409 g/mol. The molecule has 7 heteroatoms. The van der Waals surface area contributed by atoms with Gasteiger partial charge in [-0.3, -0.25) is 19.5 Å². The van der Waals surface area contributed by atoms with Crippen LogP contribution < -0.4 is 10.2 Å². The van der Waals surface area contributed by atoms with Crippen molar-refractivity contribution in [3.05, 3.63) is 93.7 Å². The highest BCUT2D eigenvalue weighted by molar-refractivity contribution is 6.31. The van der Waals surface area contributed by atoms with E-state index in [4.69, 9.17) is 23.2 Å². The number of halogens is 2. The minimum Gasteiger partial charge on any atom is -0.352 e. The topological polar surface area (TPSA) is 62.3 Å². The van der Waals surface area contributed by atoms with Gasteiger partial charge in [-0.15, -0.1) is 0 Å². The molecule has 0 radical (unpaired) electrons. The Hall–Kier alpha value is -2.89. The van der Waals surface area contributed by atoms with Crippen molar-refractivity contribution in [3.63, 3.8) is 0 Å². The number of pyridine rings is 1. The van der Waals surface area contributed by atoms with Crippen molar-refractivity contribution in [3.8, 4) is 0 Å². The van der Waals surface area contributed by atoms with Crippen molar-refractivity contribution in [2.24, 2.45) is 0 Å². The van der Waals surface area contributed by atoms with E-state index in [9.17, 15) is 9.59 Å². The Balaban J connectivity index is 1.56. The molecule has 0 saturated heterocycles. The van der Waals surface area contributed by atoms with E-state index in [0.29, 0.717) is 33.5 Å². The maximum Gasteiger partial charge on any atom is 0.260 e. The van der Waals surface area contributed by atoms with Gasteiger partial charge in [0, 0.05) is 28.5 Å². The van der Waals surface area contributed by atoms with Crippen LogP contribution in [0, 0.1) is 0 Å². The smallest absolute Gasteiger partial charge is 0.260 e. The molecule has 0 spiro atoms. The molecule has 1 aliphatic rings. The molecular formula is C22H17Cl2N3O2. The van der Waals surface area contributed by atoms with Gasteiger partial charge < -0.3 is 5.32 Å². The summed E-state index contributed by atoms with van der Waals surface area (Å²) < 4.78 is 0. The molecule has 2 aromatic carbocycles. The minimum absolute atomic E-state index is 0.0962. The van der Waals surface area contributed by atoms with Gasteiger partial charge in [0.25, 0.3) is 5.91 Å². The van der Waals surface area contributed by atoms with E-state index in [-0.39, 0.29) is 18.2 Å². The number of nitrogens with zero attached hydrogens (tertiary/aromatic N) is 2. The standard InChI is InChI=1S/C22H17Cl2N3O2/c23-15-6-8-17(9-7-15)27-19(21-18(22(27)29)5-2-10-25-21)12-20(28)26-13-14-3-1-4-16(24)11-14/h1-11,19H,12-13H2,(H,26,28)/t19-/m0/s1. The molecule has 2 heterocycles. The summed E-state index contributed by atoms with van der Waals surface area (Å²) in [6.45, 7) is 0.357. The van der Waals surface area contributed by atoms with Crippen LogP contribution in [0.2, 0.25) is 10.0 Å². The second kappa shape index (κ2) is 8.23. The van der Waals surface area contributed by atoms with E-state index in [1.807, 2.05) is 12.1 Å². The molecule has 1 N–H and O–H groups in total. The predicted molar refractivity (Wildman–Crippen MR) is 113 cm³/mol. The van der Waals surface area contributed by atoms with E-state index < -0.39 is 6.04 Å². The summed E-state index contributed by atoms with van der Waals surface area (Å²) in [5.41, 5.74) is 2.69. The lowest BCUT2D eigenvalue weighted by Crippen LogP contribution is -2.32. The number of carbonyl (C=O) groups excluding carboxylic acids is 2. The predicted octanol–water partition coefficient (Wildman–Crippen LogP) is 4.80. The zero-order chi connectivity index (χ0) is 20.4. The summed E-state index contributed by atoms with van der Waals surface area (Å²) in [4.78, 5) is 31.7. The van der Waals surface area contributed by atoms with Crippen LogP contribution in [0.15, 0.2) is 66.9 Å². The monoisotopic (exact) mass is 425 g/mol. The molecule has 1 aliphatic heterocycles. The second-order valence-corrected chi connectivity index (χ2v) is 7.59. The van der Waals surface area contributed by atoms with Crippen molar-refractivity contribution < 1.29 is 9.59 Å². The molecule has 0 aliphatic carbocycles. The molecule has 1 aromatic heterocycles. The number of carbonyl (C=O) groups is 2. The van der Waals surface area contributed by atoms with Crippen LogP contribution in [0.3, 0.4) is 0 Å². The molecule has 0 saturated carbocycles. The maximum absolute atomic E-state index is 13.0. The zero-order valence-corrected chi connectivity index (χ0v) is 16.8. The van der Waals surface area contributed by atoms with Crippen LogP contribution in [-0.2, 0) is 11.3 Å². The first-order valence-corrected chi connectivity index (χ1v) is 9.84. The van der Waals surface area contributed by atoms with Gasteiger partial charge in [0.1, 0.15) is 0 Å². The number of fused-ring (bicyclic) bond motifs is 1. The van der Waals surface area contributed by atoms with E-state index >= 15 is 0 Å². The average molecular weight is 426 g/mol. The molecule has 4 rings (SSSR count). The molecule has 1 atom stereocenters. The lowest BCUT2D eigenvalue weighted by Gasteiger charge is -2.24. The quantitative estimate of drug-likeness (QED) is 0.638. The fourth-order valence-corrected chi connectivity index (χ4v) is 3.78. The Bertz CT molecular complexity index is 1070. The lowest BCUT2D eigenvalue weighted by atomic mass is 10.1. The fourth-order valence-electron chi connectivity index (χ4n) is 3.44. The number of rotatable bonds is 5. The summed E-state index contributed by atoms with van der Waals surface area (Å²) in [5.74, 6) is -0.358. The van der Waals surface area contributed by atoms with Crippen molar-refractivity contribution in [1.82, 2.24) is 10.3 Å². The number of hydrogen-bond acceptors (Lipinski definition) is 3. The number of benzene rings is 2. The maximum atomic E-state index is 13.0. The highest BCUT2D eigenvalue weighted by Gasteiger charge is 2.39. The van der Waals surface area contributed by atoms with Gasteiger partial charge in [0.15, 0.2) is 0 Å². The highest BCUT2D eigenvalue weighted by Crippen LogP contribution is 2.38. The van der Waals surface area contributed by atoms with Crippen LogP contribution in [0.1, 0.15) is 34.1 Å². The lowest BCUT2D eigenvalue weighted by molar-refractivity contribution is -0.121. The largest absolute Gasteiger partial charge is 0.352 e. The third-order valence-corrected chi connectivity index (χ3v) is 5.26. The number of amides is 2. The normalized spacial score (nSPS) is 15.3. The van der Waals surface area contributed by atoms with Crippen LogP contribution in [0.25, 0.3) is 0 Å². The fraction of sp³-hybridized carbons (Fsp3) is 0.136. The summed E-state index contributed by atoms with van der Waals surface area (Å²) in [7, 11) is 0. The first-order chi connectivity index (χ1) is 14.0. The van der Waals surface area contributed by atoms with Crippen molar-refractivity contribution in [2.75, 3.05) is 4.90 Å². The van der Waals surface area contributed by atoms with Crippen LogP contribution >= 0.6 is 23.2 Å². The SMILES string of the molecule is O=C(C[C@H]1c2ncccc2C(=O)N1c1ccc(Cl)cc1)NCc1cccc(Cl)c1. The Morgan fingerprint density at radius 2 is 1.83 bits per heavy atom. The molecule has 0 bridgehead atoms. The Morgan fingerprint density at radius 3 is 2.59 bits per heavy atom.